The molecule has 1 aromatic heterocycles. The number of aromatic nitrogens is 1. The van der Waals surface area contributed by atoms with Crippen LogP contribution in [-0.4, -0.2) is 31.0 Å². The highest BCUT2D eigenvalue weighted by molar-refractivity contribution is 6.11. The fraction of sp³-hybridized carbons (Fsp3) is 0.120. The van der Waals surface area contributed by atoms with E-state index in [-0.39, 0.29) is 17.1 Å². The number of Topliss-reactive ketones (excluding diaryl/α,β-unsaturated/α-hetero) is 1. The van der Waals surface area contributed by atoms with Crippen molar-refractivity contribution in [3.05, 3.63) is 95.7 Å². The number of carbonyl (C=O) groups excluding carboxylic acids is 2. The molecule has 1 N–H and O–H groups in total. The van der Waals surface area contributed by atoms with Crippen molar-refractivity contribution in [1.29, 1.82) is 0 Å². The predicted octanol–water partition coefficient (Wildman–Crippen LogP) is 4.97. The number of rotatable bonds is 7. The number of nitrogens with one attached hydrogen (secondary N) is 1. The third-order valence-corrected chi connectivity index (χ3v) is 5.04. The van der Waals surface area contributed by atoms with Crippen molar-refractivity contribution < 1.29 is 23.8 Å². The van der Waals surface area contributed by atoms with E-state index < -0.39 is 12.1 Å². The highest BCUT2D eigenvalue weighted by Crippen LogP contribution is 2.33. The van der Waals surface area contributed by atoms with E-state index in [0.29, 0.717) is 16.9 Å². The minimum Gasteiger partial charge on any atom is -0.493 e. The van der Waals surface area contributed by atoms with Gasteiger partial charge in [0.1, 0.15) is 5.56 Å². The first-order chi connectivity index (χ1) is 15.1. The summed E-state index contributed by atoms with van der Waals surface area (Å²) >= 11 is 0. The predicted molar refractivity (Wildman–Crippen MR) is 117 cm³/mol. The average molecular weight is 415 g/mol. The summed E-state index contributed by atoms with van der Waals surface area (Å²) in [6, 6.07) is 21.3. The van der Waals surface area contributed by atoms with E-state index in [1.54, 1.807) is 48.7 Å². The lowest BCUT2D eigenvalue weighted by molar-refractivity contribution is 0.0277. The van der Waals surface area contributed by atoms with E-state index in [1.807, 2.05) is 30.3 Å². The van der Waals surface area contributed by atoms with Crippen molar-refractivity contribution >= 4 is 22.7 Å². The number of ether oxygens (including phenoxy) is 3. The largest absolute Gasteiger partial charge is 0.493 e. The summed E-state index contributed by atoms with van der Waals surface area (Å²) in [5, 5.41) is 0.767. The SMILES string of the molecule is COc1cccc(C(=O)O[C@@H](C(=O)c2c[nH]c3ccccc23)c2ccccc2)c1OC. The second-order valence-electron chi connectivity index (χ2n) is 6.85. The van der Waals surface area contributed by atoms with Crippen molar-refractivity contribution in [2.24, 2.45) is 0 Å². The van der Waals surface area contributed by atoms with Crippen LogP contribution in [0.4, 0.5) is 0 Å². The quantitative estimate of drug-likeness (QED) is 0.341. The Morgan fingerprint density at radius 3 is 2.29 bits per heavy atom. The molecule has 1 atom stereocenters. The molecule has 156 valence electrons. The number of H-pyrrole nitrogens is 1. The molecule has 6 heteroatoms. The van der Waals surface area contributed by atoms with Crippen molar-refractivity contribution in [2.75, 3.05) is 14.2 Å². The number of methoxy groups -OCH3 is 2. The first-order valence-corrected chi connectivity index (χ1v) is 9.71. The van der Waals surface area contributed by atoms with Gasteiger partial charge in [-0.1, -0.05) is 54.6 Å². The molecule has 31 heavy (non-hydrogen) atoms. The molecule has 0 saturated heterocycles. The Morgan fingerprint density at radius 2 is 1.55 bits per heavy atom. The summed E-state index contributed by atoms with van der Waals surface area (Å²) in [4.78, 5) is 29.7. The second-order valence-corrected chi connectivity index (χ2v) is 6.85. The molecule has 0 saturated carbocycles. The van der Waals surface area contributed by atoms with Crippen LogP contribution < -0.4 is 9.47 Å². The maximum atomic E-state index is 13.5. The van der Waals surface area contributed by atoms with Gasteiger partial charge in [-0.25, -0.2) is 4.79 Å². The van der Waals surface area contributed by atoms with Gasteiger partial charge in [0.15, 0.2) is 17.6 Å². The Kier molecular flexibility index (Phi) is 5.71. The number of hydrogen-bond acceptors (Lipinski definition) is 5. The van der Waals surface area contributed by atoms with Crippen LogP contribution in [0, 0.1) is 0 Å². The lowest BCUT2D eigenvalue weighted by Gasteiger charge is -2.18. The summed E-state index contributed by atoms with van der Waals surface area (Å²) in [5.41, 5.74) is 2.04. The molecule has 0 radical (unpaired) electrons. The van der Waals surface area contributed by atoms with E-state index in [4.69, 9.17) is 14.2 Å². The number of carbonyl (C=O) groups is 2. The van der Waals surface area contributed by atoms with Gasteiger partial charge in [0, 0.05) is 28.2 Å². The second kappa shape index (κ2) is 8.75. The van der Waals surface area contributed by atoms with Gasteiger partial charge in [0.05, 0.1) is 14.2 Å². The van der Waals surface area contributed by atoms with Crippen LogP contribution in [0.2, 0.25) is 0 Å². The van der Waals surface area contributed by atoms with Crippen LogP contribution >= 0.6 is 0 Å². The fourth-order valence-electron chi connectivity index (χ4n) is 3.54. The molecule has 1 heterocycles. The van der Waals surface area contributed by atoms with Gasteiger partial charge < -0.3 is 19.2 Å². The minimum atomic E-state index is -1.12. The zero-order valence-electron chi connectivity index (χ0n) is 17.1. The van der Waals surface area contributed by atoms with Crippen molar-refractivity contribution in [2.45, 2.75) is 6.10 Å². The first kappa shape index (κ1) is 20.2. The van der Waals surface area contributed by atoms with Gasteiger partial charge in [-0.3, -0.25) is 4.79 Å². The summed E-state index contributed by atoms with van der Waals surface area (Å²) < 4.78 is 16.4. The summed E-state index contributed by atoms with van der Waals surface area (Å²) in [6.45, 7) is 0. The van der Waals surface area contributed by atoms with Crippen molar-refractivity contribution in [1.82, 2.24) is 4.98 Å². The van der Waals surface area contributed by atoms with Gasteiger partial charge in [-0.15, -0.1) is 0 Å². The highest BCUT2D eigenvalue weighted by atomic mass is 16.6. The van der Waals surface area contributed by atoms with Crippen LogP contribution in [0.1, 0.15) is 32.4 Å². The molecular formula is C25H21NO5. The van der Waals surface area contributed by atoms with Crippen LogP contribution in [0.15, 0.2) is 79.0 Å². The molecule has 0 unspecified atom stereocenters. The molecular weight excluding hydrogens is 394 g/mol. The molecule has 0 aliphatic rings. The minimum absolute atomic E-state index is 0.175. The number of fused-ring (bicyclic) bond motifs is 1. The molecule has 0 bridgehead atoms. The molecule has 4 rings (SSSR count). The van der Waals surface area contributed by atoms with Crippen LogP contribution in [0.3, 0.4) is 0 Å². The topological polar surface area (TPSA) is 77.6 Å². The normalized spacial score (nSPS) is 11.7. The first-order valence-electron chi connectivity index (χ1n) is 9.71. The van der Waals surface area contributed by atoms with E-state index >= 15 is 0 Å². The molecule has 3 aromatic carbocycles. The van der Waals surface area contributed by atoms with E-state index in [9.17, 15) is 9.59 Å². The van der Waals surface area contributed by atoms with Gasteiger partial charge in [-0.05, 0) is 18.2 Å². The number of para-hydroxylation sites is 2. The summed E-state index contributed by atoms with van der Waals surface area (Å²) in [6.07, 6.45) is 0.520. The lowest BCUT2D eigenvalue weighted by Crippen LogP contribution is -2.20. The monoisotopic (exact) mass is 415 g/mol. The van der Waals surface area contributed by atoms with Gasteiger partial charge >= 0.3 is 5.97 Å². The number of benzene rings is 3. The molecule has 0 fully saturated rings. The molecule has 0 aliphatic heterocycles. The third-order valence-electron chi connectivity index (χ3n) is 5.04. The van der Waals surface area contributed by atoms with Crippen LogP contribution in [0.25, 0.3) is 10.9 Å². The maximum absolute atomic E-state index is 13.5. The smallest absolute Gasteiger partial charge is 0.343 e. The Bertz CT molecular complexity index is 1230. The van der Waals surface area contributed by atoms with Crippen LogP contribution in [-0.2, 0) is 4.74 Å². The van der Waals surface area contributed by atoms with E-state index in [2.05, 4.69) is 4.98 Å². The van der Waals surface area contributed by atoms with Crippen LogP contribution in [0.5, 0.6) is 11.5 Å². The molecule has 4 aromatic rings. The molecule has 0 aliphatic carbocycles. The summed E-state index contributed by atoms with van der Waals surface area (Å²) in [7, 11) is 2.93. The fourth-order valence-corrected chi connectivity index (χ4v) is 3.54. The Labute approximate surface area is 179 Å². The Hall–Kier alpha value is -4.06. The Morgan fingerprint density at radius 1 is 0.806 bits per heavy atom. The standard InChI is InChI=1S/C25H21NO5/c1-29-21-14-8-12-18(24(21)30-2)25(28)31-23(16-9-4-3-5-10-16)22(27)19-15-26-20-13-7-6-11-17(19)20/h3-15,23,26H,1-2H3/t23-/m1/s1. The molecule has 0 spiro atoms. The number of ketones is 1. The maximum Gasteiger partial charge on any atom is 0.343 e. The summed E-state index contributed by atoms with van der Waals surface area (Å²) in [5.74, 6) is -0.353. The van der Waals surface area contributed by atoms with Gasteiger partial charge in [0.25, 0.3) is 0 Å². The van der Waals surface area contributed by atoms with Gasteiger partial charge in [-0.2, -0.15) is 0 Å². The number of hydrogen-bond donors (Lipinski definition) is 1. The van der Waals surface area contributed by atoms with Crippen molar-refractivity contribution in [3.63, 3.8) is 0 Å². The zero-order chi connectivity index (χ0) is 21.8. The molecule has 6 nitrogen and oxygen atoms in total. The van der Waals surface area contributed by atoms with E-state index in [1.165, 1.54) is 14.2 Å². The van der Waals surface area contributed by atoms with Gasteiger partial charge in [0.2, 0.25) is 5.78 Å². The zero-order valence-corrected chi connectivity index (χ0v) is 17.1. The number of esters is 1. The lowest BCUT2D eigenvalue weighted by atomic mass is 9.99. The highest BCUT2D eigenvalue weighted by Gasteiger charge is 2.30. The Balaban J connectivity index is 1.73. The number of aromatic amines is 1. The average Bonchev–Trinajstić information content (AvgIpc) is 3.26. The van der Waals surface area contributed by atoms with E-state index in [0.717, 1.165) is 10.9 Å². The molecule has 0 amide bonds. The third kappa shape index (κ3) is 3.88. The van der Waals surface area contributed by atoms with Crippen molar-refractivity contribution in [3.8, 4) is 11.5 Å².